The minimum atomic E-state index is -0.627. The van der Waals surface area contributed by atoms with Crippen molar-refractivity contribution in [3.63, 3.8) is 0 Å². The van der Waals surface area contributed by atoms with Crippen molar-refractivity contribution >= 4 is 18.3 Å². The van der Waals surface area contributed by atoms with Gasteiger partial charge in [0.2, 0.25) is 5.91 Å². The third kappa shape index (κ3) is 3.97. The minimum absolute atomic E-state index is 0. The lowest BCUT2D eigenvalue weighted by Crippen LogP contribution is -2.55. The SMILES string of the molecule is Cc1ccc(CN(C)C(=O)C2(N)CCCCC2)cc1.Cl. The molecule has 0 heterocycles. The molecular formula is C16H25ClN2O. The number of aryl methyl sites for hydroxylation is 1. The summed E-state index contributed by atoms with van der Waals surface area (Å²) in [5.41, 5.74) is 8.05. The lowest BCUT2D eigenvalue weighted by Gasteiger charge is -2.35. The molecule has 3 nitrogen and oxygen atoms in total. The van der Waals surface area contributed by atoms with Gasteiger partial charge in [-0.1, -0.05) is 49.1 Å². The van der Waals surface area contributed by atoms with Crippen LogP contribution in [0.2, 0.25) is 0 Å². The number of carbonyl (C=O) groups is 1. The number of hydrogen-bond donors (Lipinski definition) is 1. The predicted octanol–water partition coefficient (Wildman–Crippen LogP) is 3.04. The fourth-order valence-electron chi connectivity index (χ4n) is 2.82. The zero-order chi connectivity index (χ0) is 13.9. The molecule has 0 aromatic heterocycles. The fourth-order valence-corrected chi connectivity index (χ4v) is 2.82. The van der Waals surface area contributed by atoms with Crippen LogP contribution < -0.4 is 5.73 Å². The Morgan fingerprint density at radius 2 is 1.75 bits per heavy atom. The second-order valence-corrected chi connectivity index (χ2v) is 5.86. The summed E-state index contributed by atoms with van der Waals surface area (Å²) in [6.45, 7) is 2.70. The Morgan fingerprint density at radius 3 is 2.30 bits per heavy atom. The Hall–Kier alpha value is -1.06. The van der Waals surface area contributed by atoms with Crippen LogP contribution in [0.5, 0.6) is 0 Å². The highest BCUT2D eigenvalue weighted by atomic mass is 35.5. The van der Waals surface area contributed by atoms with Gasteiger partial charge in [-0.05, 0) is 25.3 Å². The summed E-state index contributed by atoms with van der Waals surface area (Å²) in [4.78, 5) is 14.3. The summed E-state index contributed by atoms with van der Waals surface area (Å²) < 4.78 is 0. The molecule has 0 aliphatic heterocycles. The van der Waals surface area contributed by atoms with E-state index in [9.17, 15) is 4.79 Å². The van der Waals surface area contributed by atoms with Gasteiger partial charge in [0.25, 0.3) is 0 Å². The number of likely N-dealkylation sites (N-methyl/N-ethyl adjacent to an activating group) is 1. The average Bonchev–Trinajstić information content (AvgIpc) is 2.41. The molecule has 0 unspecified atom stereocenters. The molecule has 0 radical (unpaired) electrons. The predicted molar refractivity (Wildman–Crippen MR) is 84.9 cm³/mol. The van der Waals surface area contributed by atoms with E-state index in [0.29, 0.717) is 6.54 Å². The normalized spacial score (nSPS) is 17.1. The van der Waals surface area contributed by atoms with Crippen molar-refractivity contribution in [1.29, 1.82) is 0 Å². The Balaban J connectivity index is 0.00000200. The molecule has 112 valence electrons. The van der Waals surface area contributed by atoms with Crippen molar-refractivity contribution in [2.45, 2.75) is 51.1 Å². The van der Waals surface area contributed by atoms with Gasteiger partial charge in [-0.15, -0.1) is 12.4 Å². The van der Waals surface area contributed by atoms with Gasteiger partial charge < -0.3 is 10.6 Å². The quantitative estimate of drug-likeness (QED) is 0.932. The lowest BCUT2D eigenvalue weighted by atomic mass is 9.81. The standard InChI is InChI=1S/C16H24N2O.ClH/c1-13-6-8-14(9-7-13)12-18(2)15(19)16(17)10-4-3-5-11-16;/h6-9H,3-5,10-12,17H2,1-2H3;1H. The molecule has 0 saturated heterocycles. The number of carbonyl (C=O) groups excluding carboxylic acids is 1. The Kier molecular flexibility index (Phi) is 6.03. The zero-order valence-electron chi connectivity index (χ0n) is 12.4. The number of hydrogen-bond acceptors (Lipinski definition) is 2. The van der Waals surface area contributed by atoms with E-state index in [1.807, 2.05) is 7.05 Å². The van der Waals surface area contributed by atoms with E-state index in [1.165, 1.54) is 12.0 Å². The van der Waals surface area contributed by atoms with Crippen molar-refractivity contribution in [2.24, 2.45) is 5.73 Å². The number of amides is 1. The van der Waals surface area contributed by atoms with Crippen LogP contribution in [0.15, 0.2) is 24.3 Å². The Labute approximate surface area is 127 Å². The fraction of sp³-hybridized carbons (Fsp3) is 0.562. The first kappa shape index (κ1) is 17.0. The number of benzene rings is 1. The highest BCUT2D eigenvalue weighted by Crippen LogP contribution is 2.27. The van der Waals surface area contributed by atoms with Gasteiger partial charge in [0.1, 0.15) is 0 Å². The molecular weight excluding hydrogens is 272 g/mol. The molecule has 0 bridgehead atoms. The molecule has 1 saturated carbocycles. The van der Waals surface area contributed by atoms with E-state index in [0.717, 1.165) is 31.2 Å². The van der Waals surface area contributed by atoms with Gasteiger partial charge in [-0.2, -0.15) is 0 Å². The summed E-state index contributed by atoms with van der Waals surface area (Å²) in [6, 6.07) is 8.30. The second-order valence-electron chi connectivity index (χ2n) is 5.86. The molecule has 1 aliphatic rings. The van der Waals surface area contributed by atoms with Crippen molar-refractivity contribution in [3.8, 4) is 0 Å². The largest absolute Gasteiger partial charge is 0.340 e. The van der Waals surface area contributed by atoms with E-state index >= 15 is 0 Å². The third-order valence-corrected chi connectivity index (χ3v) is 4.06. The lowest BCUT2D eigenvalue weighted by molar-refractivity contribution is -0.137. The van der Waals surface area contributed by atoms with E-state index in [1.54, 1.807) is 4.90 Å². The highest BCUT2D eigenvalue weighted by Gasteiger charge is 2.37. The van der Waals surface area contributed by atoms with Crippen LogP contribution in [0.4, 0.5) is 0 Å². The molecule has 2 N–H and O–H groups in total. The molecule has 2 rings (SSSR count). The Morgan fingerprint density at radius 1 is 1.20 bits per heavy atom. The van der Waals surface area contributed by atoms with E-state index in [4.69, 9.17) is 5.73 Å². The van der Waals surface area contributed by atoms with Crippen LogP contribution in [0.1, 0.15) is 43.2 Å². The molecule has 1 aromatic carbocycles. The van der Waals surface area contributed by atoms with Gasteiger partial charge >= 0.3 is 0 Å². The van der Waals surface area contributed by atoms with Crippen molar-refractivity contribution in [3.05, 3.63) is 35.4 Å². The first-order chi connectivity index (χ1) is 9.01. The third-order valence-electron chi connectivity index (χ3n) is 4.06. The zero-order valence-corrected chi connectivity index (χ0v) is 13.2. The number of nitrogens with zero attached hydrogens (tertiary/aromatic N) is 1. The number of rotatable bonds is 3. The first-order valence-corrected chi connectivity index (χ1v) is 7.11. The van der Waals surface area contributed by atoms with Crippen LogP contribution in [0, 0.1) is 6.92 Å². The summed E-state index contributed by atoms with van der Waals surface area (Å²) in [5, 5.41) is 0. The molecule has 1 aromatic rings. The maximum absolute atomic E-state index is 12.5. The summed E-state index contributed by atoms with van der Waals surface area (Å²) >= 11 is 0. The van der Waals surface area contributed by atoms with E-state index in [-0.39, 0.29) is 18.3 Å². The van der Waals surface area contributed by atoms with Crippen molar-refractivity contribution < 1.29 is 4.79 Å². The second kappa shape index (κ2) is 7.09. The highest BCUT2D eigenvalue weighted by molar-refractivity contribution is 5.86. The smallest absolute Gasteiger partial charge is 0.242 e. The topological polar surface area (TPSA) is 46.3 Å². The van der Waals surface area contributed by atoms with Gasteiger partial charge in [0, 0.05) is 13.6 Å². The molecule has 4 heteroatoms. The van der Waals surface area contributed by atoms with Crippen LogP contribution in [-0.2, 0) is 11.3 Å². The van der Waals surface area contributed by atoms with E-state index in [2.05, 4.69) is 31.2 Å². The summed E-state index contributed by atoms with van der Waals surface area (Å²) in [6.07, 6.45) is 4.99. The molecule has 1 fully saturated rings. The van der Waals surface area contributed by atoms with Gasteiger partial charge in [-0.3, -0.25) is 4.79 Å². The maximum atomic E-state index is 12.5. The Bertz CT molecular complexity index is 438. The first-order valence-electron chi connectivity index (χ1n) is 7.11. The van der Waals surface area contributed by atoms with Crippen molar-refractivity contribution in [1.82, 2.24) is 4.90 Å². The van der Waals surface area contributed by atoms with Crippen LogP contribution in [-0.4, -0.2) is 23.4 Å². The van der Waals surface area contributed by atoms with Gasteiger partial charge in [0.05, 0.1) is 5.54 Å². The van der Waals surface area contributed by atoms with Gasteiger partial charge in [-0.25, -0.2) is 0 Å². The molecule has 0 spiro atoms. The summed E-state index contributed by atoms with van der Waals surface area (Å²) in [5.74, 6) is 0.0905. The van der Waals surface area contributed by atoms with Gasteiger partial charge in [0.15, 0.2) is 0 Å². The van der Waals surface area contributed by atoms with Crippen LogP contribution >= 0.6 is 12.4 Å². The van der Waals surface area contributed by atoms with Crippen LogP contribution in [0.3, 0.4) is 0 Å². The molecule has 1 amide bonds. The maximum Gasteiger partial charge on any atom is 0.242 e. The van der Waals surface area contributed by atoms with Crippen LogP contribution in [0.25, 0.3) is 0 Å². The monoisotopic (exact) mass is 296 g/mol. The average molecular weight is 297 g/mol. The molecule has 0 atom stereocenters. The number of halogens is 1. The molecule has 20 heavy (non-hydrogen) atoms. The van der Waals surface area contributed by atoms with Crippen molar-refractivity contribution in [2.75, 3.05) is 7.05 Å². The summed E-state index contributed by atoms with van der Waals surface area (Å²) in [7, 11) is 1.85. The minimum Gasteiger partial charge on any atom is -0.340 e. The molecule has 1 aliphatic carbocycles. The number of nitrogens with two attached hydrogens (primary N) is 1. The van der Waals surface area contributed by atoms with E-state index < -0.39 is 5.54 Å².